The molecule has 1 aliphatic rings. The molecule has 2 aromatic rings. The van der Waals surface area contributed by atoms with Crippen LogP contribution in [0.5, 0.6) is 5.75 Å². The summed E-state index contributed by atoms with van der Waals surface area (Å²) in [6, 6.07) is 11.2. The molecular weight excluding hydrogens is 282 g/mol. The van der Waals surface area contributed by atoms with Crippen molar-refractivity contribution in [1.29, 1.82) is 0 Å². The summed E-state index contributed by atoms with van der Waals surface area (Å²) in [6.45, 7) is 4.87. The minimum atomic E-state index is -0.0940. The summed E-state index contributed by atoms with van der Waals surface area (Å²) in [7, 11) is 0. The second-order valence-electron chi connectivity index (χ2n) is 5.00. The molecule has 116 valence electrons. The molecule has 2 heterocycles. The van der Waals surface area contributed by atoms with E-state index in [-0.39, 0.29) is 5.91 Å². The molecule has 1 amide bonds. The molecule has 1 aliphatic heterocycles. The Kier molecular flexibility index (Phi) is 4.44. The van der Waals surface area contributed by atoms with Gasteiger partial charge in [-0.15, -0.1) is 0 Å². The molecule has 1 aromatic heterocycles. The molecule has 1 aromatic carbocycles. The van der Waals surface area contributed by atoms with Gasteiger partial charge in [-0.05, 0) is 31.2 Å². The summed E-state index contributed by atoms with van der Waals surface area (Å²) in [5.41, 5.74) is 0.852. The zero-order chi connectivity index (χ0) is 15.4. The molecule has 22 heavy (non-hydrogen) atoms. The molecule has 0 saturated carbocycles. The topological polar surface area (TPSA) is 51.9 Å². The normalized spacial score (nSPS) is 14.9. The van der Waals surface area contributed by atoms with Crippen molar-refractivity contribution in [2.75, 3.05) is 32.9 Å². The first-order chi connectivity index (χ1) is 10.8. The summed E-state index contributed by atoms with van der Waals surface area (Å²) in [5.74, 6) is 1.65. The molecule has 0 atom stereocenters. The van der Waals surface area contributed by atoms with E-state index in [4.69, 9.17) is 13.9 Å². The van der Waals surface area contributed by atoms with Crippen LogP contribution in [0.4, 0.5) is 0 Å². The first-order valence-electron chi connectivity index (χ1n) is 7.48. The molecule has 0 bridgehead atoms. The van der Waals surface area contributed by atoms with Crippen molar-refractivity contribution in [1.82, 2.24) is 4.90 Å². The van der Waals surface area contributed by atoms with Crippen molar-refractivity contribution >= 4 is 5.91 Å². The minimum Gasteiger partial charge on any atom is -0.493 e. The van der Waals surface area contributed by atoms with E-state index in [1.807, 2.05) is 37.3 Å². The Morgan fingerprint density at radius 3 is 2.73 bits per heavy atom. The Bertz CT molecular complexity index is 644. The number of hydrogen-bond donors (Lipinski definition) is 0. The van der Waals surface area contributed by atoms with E-state index < -0.39 is 0 Å². The maximum atomic E-state index is 12.4. The fourth-order valence-electron chi connectivity index (χ4n) is 2.47. The third-order valence-electron chi connectivity index (χ3n) is 3.57. The van der Waals surface area contributed by atoms with Crippen LogP contribution in [-0.2, 0) is 4.74 Å². The lowest BCUT2D eigenvalue weighted by atomic mass is 10.1. The van der Waals surface area contributed by atoms with E-state index in [0.29, 0.717) is 44.4 Å². The number of carbonyl (C=O) groups is 1. The fourth-order valence-corrected chi connectivity index (χ4v) is 2.47. The van der Waals surface area contributed by atoms with E-state index in [0.717, 1.165) is 11.3 Å². The number of furan rings is 1. The van der Waals surface area contributed by atoms with Crippen molar-refractivity contribution < 1.29 is 18.7 Å². The van der Waals surface area contributed by atoms with E-state index >= 15 is 0 Å². The molecule has 0 unspecified atom stereocenters. The number of rotatable bonds is 4. The molecule has 0 spiro atoms. The number of morpholine rings is 1. The van der Waals surface area contributed by atoms with Crippen LogP contribution in [0.25, 0.3) is 11.3 Å². The summed E-state index contributed by atoms with van der Waals surface area (Å²) in [5, 5.41) is 0. The van der Waals surface area contributed by atoms with Gasteiger partial charge >= 0.3 is 0 Å². The number of ether oxygens (including phenoxy) is 2. The number of amides is 1. The van der Waals surface area contributed by atoms with Gasteiger partial charge < -0.3 is 18.8 Å². The Balaban J connectivity index is 1.83. The summed E-state index contributed by atoms with van der Waals surface area (Å²) < 4.78 is 16.6. The van der Waals surface area contributed by atoms with Gasteiger partial charge in [-0.2, -0.15) is 0 Å². The molecule has 3 rings (SSSR count). The highest BCUT2D eigenvalue weighted by Crippen LogP contribution is 2.31. The van der Waals surface area contributed by atoms with E-state index in [9.17, 15) is 4.79 Å². The standard InChI is InChI=1S/C17H19NO4/c1-2-21-14-6-4-3-5-13(14)15-7-8-16(22-15)17(19)18-9-11-20-12-10-18/h3-8H,2,9-12H2,1H3. The van der Waals surface area contributed by atoms with Gasteiger partial charge in [0.2, 0.25) is 0 Å². The monoisotopic (exact) mass is 301 g/mol. The molecular formula is C17H19NO4. The van der Waals surface area contributed by atoms with Gasteiger partial charge in [-0.3, -0.25) is 4.79 Å². The molecule has 0 N–H and O–H groups in total. The predicted octanol–water partition coefficient (Wildman–Crippen LogP) is 2.82. The van der Waals surface area contributed by atoms with Gasteiger partial charge in [-0.25, -0.2) is 0 Å². The third kappa shape index (κ3) is 2.99. The van der Waals surface area contributed by atoms with Crippen molar-refractivity contribution in [3.8, 4) is 17.1 Å². The van der Waals surface area contributed by atoms with Crippen LogP contribution < -0.4 is 4.74 Å². The maximum absolute atomic E-state index is 12.4. The van der Waals surface area contributed by atoms with Crippen LogP contribution in [0.3, 0.4) is 0 Å². The quantitative estimate of drug-likeness (QED) is 0.871. The molecule has 0 radical (unpaired) electrons. The highest BCUT2D eigenvalue weighted by molar-refractivity contribution is 5.92. The molecule has 1 saturated heterocycles. The average Bonchev–Trinajstić information content (AvgIpc) is 3.05. The second kappa shape index (κ2) is 6.66. The first-order valence-corrected chi connectivity index (χ1v) is 7.48. The van der Waals surface area contributed by atoms with Gasteiger partial charge in [0, 0.05) is 13.1 Å². The second-order valence-corrected chi connectivity index (χ2v) is 5.00. The van der Waals surface area contributed by atoms with Gasteiger partial charge in [0.25, 0.3) is 5.91 Å². The average molecular weight is 301 g/mol. The highest BCUT2D eigenvalue weighted by Gasteiger charge is 2.22. The number of carbonyl (C=O) groups excluding carboxylic acids is 1. The SMILES string of the molecule is CCOc1ccccc1-c1ccc(C(=O)N2CCOCC2)o1. The first kappa shape index (κ1) is 14.7. The highest BCUT2D eigenvalue weighted by atomic mass is 16.5. The van der Waals surface area contributed by atoms with Crippen LogP contribution in [0.1, 0.15) is 17.5 Å². The third-order valence-corrected chi connectivity index (χ3v) is 3.57. The van der Waals surface area contributed by atoms with Gasteiger partial charge in [-0.1, -0.05) is 12.1 Å². The van der Waals surface area contributed by atoms with Crippen LogP contribution in [0.15, 0.2) is 40.8 Å². The lowest BCUT2D eigenvalue weighted by Gasteiger charge is -2.25. The minimum absolute atomic E-state index is 0.0940. The number of benzene rings is 1. The van der Waals surface area contributed by atoms with Gasteiger partial charge in [0.15, 0.2) is 5.76 Å². The van der Waals surface area contributed by atoms with Crippen molar-refractivity contribution in [2.45, 2.75) is 6.92 Å². The molecule has 0 aliphatic carbocycles. The van der Waals surface area contributed by atoms with Crippen LogP contribution in [0.2, 0.25) is 0 Å². The summed E-state index contributed by atoms with van der Waals surface area (Å²) >= 11 is 0. The zero-order valence-corrected chi connectivity index (χ0v) is 12.6. The number of para-hydroxylation sites is 1. The van der Waals surface area contributed by atoms with E-state index in [1.54, 1.807) is 11.0 Å². The number of hydrogen-bond acceptors (Lipinski definition) is 4. The van der Waals surface area contributed by atoms with E-state index in [2.05, 4.69) is 0 Å². The summed E-state index contributed by atoms with van der Waals surface area (Å²) in [4.78, 5) is 14.2. The maximum Gasteiger partial charge on any atom is 0.289 e. The Morgan fingerprint density at radius 1 is 1.18 bits per heavy atom. The van der Waals surface area contributed by atoms with Crippen LogP contribution in [-0.4, -0.2) is 43.7 Å². The van der Waals surface area contributed by atoms with Crippen LogP contribution >= 0.6 is 0 Å². The Morgan fingerprint density at radius 2 is 1.95 bits per heavy atom. The molecule has 1 fully saturated rings. The fraction of sp³-hybridized carbons (Fsp3) is 0.353. The van der Waals surface area contributed by atoms with Crippen LogP contribution in [0, 0.1) is 0 Å². The van der Waals surface area contributed by atoms with E-state index in [1.165, 1.54) is 0 Å². The zero-order valence-electron chi connectivity index (χ0n) is 12.6. The number of nitrogens with zero attached hydrogens (tertiary/aromatic N) is 1. The largest absolute Gasteiger partial charge is 0.493 e. The Hall–Kier alpha value is -2.27. The molecule has 5 nitrogen and oxygen atoms in total. The van der Waals surface area contributed by atoms with Gasteiger partial charge in [0.1, 0.15) is 11.5 Å². The van der Waals surface area contributed by atoms with Crippen molar-refractivity contribution in [3.63, 3.8) is 0 Å². The Labute approximate surface area is 129 Å². The summed E-state index contributed by atoms with van der Waals surface area (Å²) in [6.07, 6.45) is 0. The predicted molar refractivity (Wildman–Crippen MR) is 82.0 cm³/mol. The molecule has 5 heteroatoms. The van der Waals surface area contributed by atoms with Crippen molar-refractivity contribution in [2.24, 2.45) is 0 Å². The van der Waals surface area contributed by atoms with Gasteiger partial charge in [0.05, 0.1) is 25.4 Å². The lowest BCUT2D eigenvalue weighted by Crippen LogP contribution is -2.40. The lowest BCUT2D eigenvalue weighted by molar-refractivity contribution is 0.0283. The smallest absolute Gasteiger partial charge is 0.289 e. The van der Waals surface area contributed by atoms with Crippen molar-refractivity contribution in [3.05, 3.63) is 42.2 Å².